The van der Waals surface area contributed by atoms with Gasteiger partial charge in [0.15, 0.2) is 0 Å². The van der Waals surface area contributed by atoms with Gasteiger partial charge >= 0.3 is 21.1 Å². The molecule has 0 saturated heterocycles. The Labute approximate surface area is 257 Å². The average molecular weight is 748 g/mol. The number of aromatic nitrogens is 6. The van der Waals surface area contributed by atoms with Crippen LogP contribution in [0.1, 0.15) is 76.8 Å². The number of thiazole rings is 2. The van der Waals surface area contributed by atoms with Crippen molar-refractivity contribution in [1.82, 2.24) is 29.5 Å². The Morgan fingerprint density at radius 1 is 0.625 bits per heavy atom. The molecule has 0 aliphatic rings. The van der Waals surface area contributed by atoms with Gasteiger partial charge in [0.25, 0.3) is 0 Å². The summed E-state index contributed by atoms with van der Waals surface area (Å²) in [6.45, 7) is 17.5. The molecule has 6 aromatic rings. The summed E-state index contributed by atoms with van der Waals surface area (Å²) in [6.07, 6.45) is 4.02. The summed E-state index contributed by atoms with van der Waals surface area (Å²) >= 11 is 3.43. The van der Waals surface area contributed by atoms with E-state index in [0.29, 0.717) is 0 Å². The van der Waals surface area contributed by atoms with E-state index in [1.54, 1.807) is 22.7 Å². The van der Waals surface area contributed by atoms with Crippen molar-refractivity contribution in [3.63, 3.8) is 0 Å². The number of hydrogen-bond donors (Lipinski definition) is 0. The first-order valence-electron chi connectivity index (χ1n) is 13.1. The minimum atomic E-state index is -0.410. The molecule has 0 aliphatic carbocycles. The van der Waals surface area contributed by atoms with Crippen molar-refractivity contribution in [1.29, 1.82) is 0 Å². The molecule has 2 aromatic carbocycles. The van der Waals surface area contributed by atoms with E-state index < -0.39 is 5.41 Å². The van der Waals surface area contributed by atoms with Crippen molar-refractivity contribution in [2.24, 2.45) is 0 Å². The van der Waals surface area contributed by atoms with Crippen LogP contribution < -0.4 is 0 Å². The Morgan fingerprint density at radius 3 is 1.40 bits per heavy atom. The summed E-state index contributed by atoms with van der Waals surface area (Å²) in [7, 11) is 0. The van der Waals surface area contributed by atoms with Crippen molar-refractivity contribution in [2.45, 2.75) is 71.6 Å². The standard InChI is InChI=1S/C31H32N6S2.Pt/c1-29(2,3)27-32-19-11-9-13-21(25(19)38-27)36-17-15-23(34-36)31(7,8)24-16-18-37(35-24)22-14-10-12-20-26(22)39-28(33-20)30(4,5)6;/h9-12,15-18H,1-8H3;/q-2;+2. The third kappa shape index (κ3) is 4.99. The second kappa shape index (κ2) is 10.0. The number of rotatable bonds is 4. The molecule has 0 amide bonds. The third-order valence-corrected chi connectivity index (χ3v) is 9.87. The van der Waals surface area contributed by atoms with E-state index in [1.165, 1.54) is 0 Å². The summed E-state index contributed by atoms with van der Waals surface area (Å²) < 4.78 is 6.03. The number of fused-ring (bicyclic) bond motifs is 2. The first-order valence-corrected chi connectivity index (χ1v) is 14.7. The molecule has 0 atom stereocenters. The van der Waals surface area contributed by atoms with Crippen LogP contribution in [0.15, 0.2) is 48.8 Å². The molecule has 0 saturated carbocycles. The van der Waals surface area contributed by atoms with Crippen molar-refractivity contribution < 1.29 is 21.1 Å². The fourth-order valence-corrected chi connectivity index (χ4v) is 6.66. The molecule has 6 nitrogen and oxygen atoms in total. The number of benzene rings is 2. The van der Waals surface area contributed by atoms with E-state index in [4.69, 9.17) is 20.2 Å². The monoisotopic (exact) mass is 747 g/mol. The Bertz CT molecular complexity index is 1690. The van der Waals surface area contributed by atoms with Gasteiger partial charge in [0.05, 0.1) is 26.8 Å². The summed E-state index contributed by atoms with van der Waals surface area (Å²) in [6, 6.07) is 18.8. The van der Waals surface area contributed by atoms with E-state index in [0.717, 1.165) is 53.2 Å². The SMILES string of the molecule is CC(C)(C)c1nc2cc[c-]c(-n3ccc(C(C)(C)c4ccn(-c5[c-]ccc6nc(C(C)(C)C)sc56)n4)n3)c2s1.[Pt+2]. The molecule has 4 heterocycles. The molecular formula is C31H32N6PtS2. The van der Waals surface area contributed by atoms with E-state index in [2.05, 4.69) is 79.7 Å². The smallest absolute Gasteiger partial charge is 0.268 e. The van der Waals surface area contributed by atoms with Crippen LogP contribution in [0.2, 0.25) is 0 Å². The van der Waals surface area contributed by atoms with Gasteiger partial charge in [0, 0.05) is 23.2 Å². The zero-order valence-electron chi connectivity index (χ0n) is 23.9. The second-order valence-electron chi connectivity index (χ2n) is 12.5. The maximum absolute atomic E-state index is 5.01. The molecule has 9 heteroatoms. The van der Waals surface area contributed by atoms with Crippen molar-refractivity contribution in [2.75, 3.05) is 0 Å². The molecule has 40 heavy (non-hydrogen) atoms. The molecule has 4 aromatic heterocycles. The second-order valence-corrected chi connectivity index (χ2v) is 14.5. The zero-order valence-corrected chi connectivity index (χ0v) is 27.8. The minimum Gasteiger partial charge on any atom is -0.268 e. The largest absolute Gasteiger partial charge is 2.00 e. The molecule has 208 valence electrons. The maximum Gasteiger partial charge on any atom is 2.00 e. The van der Waals surface area contributed by atoms with Crippen molar-refractivity contribution >= 4 is 43.1 Å². The van der Waals surface area contributed by atoms with Crippen LogP contribution in [0, 0.1) is 12.1 Å². The summed E-state index contributed by atoms with van der Waals surface area (Å²) in [4.78, 5) is 9.76. The number of nitrogens with zero attached hydrogens (tertiary/aromatic N) is 6. The van der Waals surface area contributed by atoms with Crippen LogP contribution in [-0.2, 0) is 37.3 Å². The van der Waals surface area contributed by atoms with E-state index in [9.17, 15) is 0 Å². The first kappa shape index (κ1) is 28.8. The van der Waals surface area contributed by atoms with Crippen LogP contribution in [-0.4, -0.2) is 29.5 Å². The van der Waals surface area contributed by atoms with Gasteiger partial charge < -0.3 is 0 Å². The number of hydrogen-bond acceptors (Lipinski definition) is 6. The predicted octanol–water partition coefficient (Wildman–Crippen LogP) is 7.80. The zero-order chi connectivity index (χ0) is 27.7. The van der Waals surface area contributed by atoms with E-state index in [-0.39, 0.29) is 31.9 Å². The van der Waals surface area contributed by atoms with Gasteiger partial charge in [-0.2, -0.15) is 57.1 Å². The van der Waals surface area contributed by atoms with Crippen LogP contribution in [0.3, 0.4) is 0 Å². The minimum absolute atomic E-state index is 0. The van der Waals surface area contributed by atoms with Crippen LogP contribution in [0.4, 0.5) is 0 Å². The Kier molecular flexibility index (Phi) is 7.21. The van der Waals surface area contributed by atoms with E-state index in [1.807, 2.05) is 46.0 Å². The molecule has 0 fully saturated rings. The Hall–Kier alpha value is -2.67. The summed E-state index contributed by atoms with van der Waals surface area (Å²) in [5.41, 5.74) is 5.27. The van der Waals surface area contributed by atoms with Gasteiger partial charge in [0.1, 0.15) is 0 Å². The van der Waals surface area contributed by atoms with Crippen molar-refractivity contribution in [3.8, 4) is 11.4 Å². The van der Waals surface area contributed by atoms with E-state index >= 15 is 0 Å². The Morgan fingerprint density at radius 2 is 1.02 bits per heavy atom. The molecule has 0 bridgehead atoms. The normalized spacial score (nSPS) is 12.8. The molecule has 0 aliphatic heterocycles. The van der Waals surface area contributed by atoms with Gasteiger partial charge in [-0.1, -0.05) is 41.5 Å². The third-order valence-electron chi connectivity index (χ3n) is 6.86. The molecular weight excluding hydrogens is 716 g/mol. The van der Waals surface area contributed by atoms with Crippen molar-refractivity contribution in [3.05, 3.63) is 82.3 Å². The van der Waals surface area contributed by atoms with Gasteiger partial charge in [-0.15, -0.1) is 12.1 Å². The summed E-state index contributed by atoms with van der Waals surface area (Å²) in [5.74, 6) is 0. The Balaban J connectivity index is 0.00000323. The maximum atomic E-state index is 5.01. The molecule has 0 unspecified atom stereocenters. The summed E-state index contributed by atoms with van der Waals surface area (Å²) in [5, 5.41) is 12.2. The molecule has 0 spiro atoms. The van der Waals surface area contributed by atoms with Crippen LogP contribution in [0.25, 0.3) is 31.8 Å². The fraction of sp³-hybridized carbons (Fsp3) is 0.355. The van der Waals surface area contributed by atoms with Gasteiger partial charge in [0.2, 0.25) is 0 Å². The first-order chi connectivity index (χ1) is 18.3. The molecule has 0 radical (unpaired) electrons. The molecule has 0 N–H and O–H groups in total. The van der Waals surface area contributed by atoms with Gasteiger partial charge in [-0.05, 0) is 57.8 Å². The van der Waals surface area contributed by atoms with Crippen LogP contribution in [0.5, 0.6) is 0 Å². The van der Waals surface area contributed by atoms with Gasteiger partial charge in [-0.3, -0.25) is 19.3 Å². The predicted molar refractivity (Wildman–Crippen MR) is 161 cm³/mol. The average Bonchev–Trinajstić information content (AvgIpc) is 3.66. The van der Waals surface area contributed by atoms with Crippen LogP contribution >= 0.6 is 22.7 Å². The fourth-order valence-electron chi connectivity index (χ4n) is 4.44. The van der Waals surface area contributed by atoms with Gasteiger partial charge in [-0.25, -0.2) is 0 Å². The topological polar surface area (TPSA) is 61.4 Å². The molecule has 6 rings (SSSR count). The quantitative estimate of drug-likeness (QED) is 0.173.